The van der Waals surface area contributed by atoms with Crippen LogP contribution in [-0.2, 0) is 0 Å². The predicted molar refractivity (Wildman–Crippen MR) is 165 cm³/mol. The summed E-state index contributed by atoms with van der Waals surface area (Å²) >= 11 is 30.7. The van der Waals surface area contributed by atoms with Crippen molar-refractivity contribution in [3.8, 4) is 0 Å². The molecule has 4 aromatic rings. The van der Waals surface area contributed by atoms with Gasteiger partial charge >= 0.3 is 232 Å². The van der Waals surface area contributed by atoms with Crippen LogP contribution < -0.4 is 19.1 Å². The summed E-state index contributed by atoms with van der Waals surface area (Å²) in [4.78, 5) is 0. The van der Waals surface area contributed by atoms with Gasteiger partial charge in [0.25, 0.3) is 0 Å². The molecule has 5 rings (SSSR count). The molecule has 0 atom stereocenters. The zero-order valence-corrected chi connectivity index (χ0v) is 24.5. The van der Waals surface area contributed by atoms with E-state index < -0.39 is 11.5 Å². The first-order valence-electron chi connectivity index (χ1n) is 11.3. The summed E-state index contributed by atoms with van der Waals surface area (Å²) in [6, 6.07) is 35.0. The Balaban J connectivity index is 1.77. The van der Waals surface area contributed by atoms with Gasteiger partial charge in [-0.05, 0) is 0 Å². The standard InChI is InChI=1S/C26H26Cl4N4P2/c1-21-13-17-25(18-14-21)33-35(27,28,31-23-9-5-3-6-10-23)34(26-19-15-22(2)16-20-26)36(33,29,30)32-24-11-7-4-8-12-24/h3-20,31-32H,1-2H3. The summed E-state index contributed by atoms with van der Waals surface area (Å²) < 4.78 is 3.59. The molecule has 0 amide bonds. The van der Waals surface area contributed by atoms with E-state index in [1.165, 1.54) is 0 Å². The van der Waals surface area contributed by atoms with Gasteiger partial charge in [-0.1, -0.05) is 0 Å². The third kappa shape index (κ3) is 4.19. The first-order chi connectivity index (χ1) is 17.0. The number of aryl methyl sites for hydroxylation is 2. The molecule has 0 saturated carbocycles. The van der Waals surface area contributed by atoms with Crippen molar-refractivity contribution in [3.05, 3.63) is 120 Å². The van der Waals surface area contributed by atoms with Crippen LogP contribution in [0.25, 0.3) is 0 Å². The number of hydrogen-bond donors (Lipinski definition) is 2. The van der Waals surface area contributed by atoms with Crippen molar-refractivity contribution in [3.63, 3.8) is 0 Å². The maximum absolute atomic E-state index is 7.68. The number of para-hydroxylation sites is 2. The van der Waals surface area contributed by atoms with Gasteiger partial charge in [0.2, 0.25) is 0 Å². The first kappa shape index (κ1) is 25.7. The molecule has 4 aromatic carbocycles. The van der Waals surface area contributed by atoms with Crippen LogP contribution >= 0.6 is 56.5 Å². The topological polar surface area (TPSA) is 30.5 Å². The Morgan fingerprint density at radius 1 is 0.472 bits per heavy atom. The van der Waals surface area contributed by atoms with Crippen molar-refractivity contribution in [1.82, 2.24) is 0 Å². The van der Waals surface area contributed by atoms with E-state index in [1.807, 2.05) is 123 Å². The Hall–Kier alpha value is -1.90. The van der Waals surface area contributed by atoms with E-state index >= 15 is 0 Å². The summed E-state index contributed by atoms with van der Waals surface area (Å²) in [5, 5.41) is 6.92. The molecule has 0 radical (unpaired) electrons. The average Bonchev–Trinajstić information content (AvgIpc) is 2.82. The van der Waals surface area contributed by atoms with Gasteiger partial charge in [-0.15, -0.1) is 0 Å². The minimum atomic E-state index is -4.30. The Bertz CT molecular complexity index is 1260. The molecule has 0 aliphatic carbocycles. The third-order valence-corrected chi connectivity index (χ3v) is 22.1. The van der Waals surface area contributed by atoms with E-state index in [9.17, 15) is 0 Å². The van der Waals surface area contributed by atoms with Crippen LogP contribution in [0.3, 0.4) is 0 Å². The zero-order valence-electron chi connectivity index (χ0n) is 19.7. The molecule has 1 saturated heterocycles. The van der Waals surface area contributed by atoms with Crippen molar-refractivity contribution in [1.29, 1.82) is 0 Å². The number of hydrogen-bond acceptors (Lipinski definition) is 4. The molecule has 1 fully saturated rings. The molecule has 0 bridgehead atoms. The first-order valence-corrected chi connectivity index (χ1v) is 19.2. The van der Waals surface area contributed by atoms with Crippen LogP contribution in [0, 0.1) is 13.8 Å². The summed E-state index contributed by atoms with van der Waals surface area (Å²) in [5.41, 5.74) is 5.11. The number of rotatable bonds is 6. The van der Waals surface area contributed by atoms with E-state index in [1.54, 1.807) is 8.88 Å². The van der Waals surface area contributed by atoms with Gasteiger partial charge in [0.15, 0.2) is 0 Å². The van der Waals surface area contributed by atoms with Crippen molar-refractivity contribution in [2.24, 2.45) is 0 Å². The third-order valence-electron chi connectivity index (χ3n) is 6.00. The number of nitrogens with one attached hydrogen (secondary N) is 2. The zero-order chi connectivity index (χ0) is 25.7. The second kappa shape index (κ2) is 8.84. The Kier molecular flexibility index (Phi) is 6.32. The van der Waals surface area contributed by atoms with Crippen molar-refractivity contribution in [2.45, 2.75) is 13.8 Å². The fourth-order valence-corrected chi connectivity index (χ4v) is 28.8. The van der Waals surface area contributed by atoms with Gasteiger partial charge in [0, 0.05) is 0 Å². The molecule has 1 heterocycles. The van der Waals surface area contributed by atoms with E-state index in [0.717, 1.165) is 22.5 Å². The van der Waals surface area contributed by atoms with E-state index in [2.05, 4.69) is 10.2 Å². The minimum absolute atomic E-state index is 0.709. The molecule has 36 heavy (non-hydrogen) atoms. The second-order valence-electron chi connectivity index (χ2n) is 8.86. The van der Waals surface area contributed by atoms with Crippen LogP contribution in [-0.4, -0.2) is 0 Å². The molecule has 0 unspecified atom stereocenters. The predicted octanol–water partition coefficient (Wildman–Crippen LogP) is 11.1. The SMILES string of the molecule is Cc1ccc(N2P(Cl)(Cl)(Nc3ccccc3)N(c3ccc(C)cc3)P2(Cl)(Cl)Nc2ccccc2)cc1. The summed E-state index contributed by atoms with van der Waals surface area (Å²) in [5.74, 6) is -8.59. The Morgan fingerprint density at radius 3 is 1.08 bits per heavy atom. The molecule has 4 nitrogen and oxygen atoms in total. The molecule has 188 valence electrons. The van der Waals surface area contributed by atoms with Gasteiger partial charge in [-0.3, -0.25) is 0 Å². The van der Waals surface area contributed by atoms with Crippen molar-refractivity contribution >= 4 is 79.2 Å². The fraction of sp³-hybridized carbons (Fsp3) is 0.0769. The monoisotopic (exact) mass is 596 g/mol. The molecule has 1 aliphatic rings. The second-order valence-corrected chi connectivity index (χ2v) is 23.6. The fourth-order valence-electron chi connectivity index (χ4n) is 4.43. The van der Waals surface area contributed by atoms with Gasteiger partial charge in [-0.2, -0.15) is 0 Å². The van der Waals surface area contributed by atoms with Crippen LogP contribution in [0.15, 0.2) is 109 Å². The summed E-state index contributed by atoms with van der Waals surface area (Å²) in [6.07, 6.45) is 0. The molecule has 10 heteroatoms. The quantitative estimate of drug-likeness (QED) is 0.216. The van der Waals surface area contributed by atoms with Gasteiger partial charge in [0.1, 0.15) is 0 Å². The Morgan fingerprint density at radius 2 is 0.778 bits per heavy atom. The molecule has 0 aromatic heterocycles. The van der Waals surface area contributed by atoms with Gasteiger partial charge < -0.3 is 0 Å². The van der Waals surface area contributed by atoms with Crippen molar-refractivity contribution in [2.75, 3.05) is 19.1 Å². The van der Waals surface area contributed by atoms with Crippen LogP contribution in [0.2, 0.25) is 0 Å². The van der Waals surface area contributed by atoms with Crippen LogP contribution in [0.5, 0.6) is 0 Å². The van der Waals surface area contributed by atoms with Crippen LogP contribution in [0.4, 0.5) is 22.7 Å². The maximum atomic E-state index is 7.68. The van der Waals surface area contributed by atoms with Crippen LogP contribution in [0.1, 0.15) is 11.1 Å². The number of halogens is 4. The summed E-state index contributed by atoms with van der Waals surface area (Å²) in [7, 11) is 0. The van der Waals surface area contributed by atoms with Crippen molar-refractivity contribution < 1.29 is 0 Å². The van der Waals surface area contributed by atoms with E-state index in [-0.39, 0.29) is 0 Å². The number of nitrogens with zero attached hydrogens (tertiary/aromatic N) is 2. The van der Waals surface area contributed by atoms with E-state index in [4.69, 9.17) is 45.0 Å². The molecule has 2 N–H and O–H groups in total. The van der Waals surface area contributed by atoms with Gasteiger partial charge in [0.05, 0.1) is 0 Å². The Labute approximate surface area is 231 Å². The van der Waals surface area contributed by atoms with E-state index in [0.29, 0.717) is 11.4 Å². The average molecular weight is 598 g/mol. The molecule has 0 spiro atoms. The van der Waals surface area contributed by atoms with Gasteiger partial charge in [-0.25, -0.2) is 0 Å². The molecular formula is C26H26Cl4N4P2. The normalized spacial score (nSPS) is 21.1. The molecule has 1 aliphatic heterocycles. The summed E-state index contributed by atoms with van der Waals surface area (Å²) in [6.45, 7) is 4.04. The molecular weight excluding hydrogens is 572 g/mol. The number of benzene rings is 4. The number of anilines is 4.